The van der Waals surface area contributed by atoms with E-state index in [1.165, 1.54) is 6.20 Å². The van der Waals surface area contributed by atoms with Crippen molar-refractivity contribution in [2.75, 3.05) is 12.3 Å². The maximum atomic E-state index is 11.9. The molecule has 0 spiro atoms. The molecule has 0 fully saturated rings. The van der Waals surface area contributed by atoms with Crippen LogP contribution < -0.4 is 10.5 Å². The molecule has 0 aliphatic carbocycles. The number of nitrogens with one attached hydrogen (secondary N) is 1. The summed E-state index contributed by atoms with van der Waals surface area (Å²) < 4.78 is 27.9. The normalized spacial score (nSPS) is 11.6. The van der Waals surface area contributed by atoms with Crippen LogP contribution in [0.15, 0.2) is 41.6 Å². The van der Waals surface area contributed by atoms with Gasteiger partial charge < -0.3 is 5.73 Å². The third-order valence-electron chi connectivity index (χ3n) is 2.56. The second-order valence-electron chi connectivity index (χ2n) is 4.11. The van der Waals surface area contributed by atoms with Crippen molar-refractivity contribution in [3.05, 3.63) is 36.7 Å². The Kier molecular flexibility index (Phi) is 3.87. The van der Waals surface area contributed by atoms with E-state index in [1.54, 1.807) is 35.1 Å². The lowest BCUT2D eigenvalue weighted by Crippen LogP contribution is -2.24. The first kappa shape index (κ1) is 13.6. The fourth-order valence-electron chi connectivity index (χ4n) is 1.58. The standard InChI is InChI=1S/C12H16N4O2S/c1-2-7-15-19(17,18)12-5-3-11(4-6-12)16-9-10(13)8-14-16/h3-6,8-9,15H,2,7,13H2,1H3. The van der Waals surface area contributed by atoms with Gasteiger partial charge in [-0.1, -0.05) is 6.92 Å². The molecule has 102 valence electrons. The highest BCUT2D eigenvalue weighted by Crippen LogP contribution is 2.14. The van der Waals surface area contributed by atoms with Gasteiger partial charge >= 0.3 is 0 Å². The van der Waals surface area contributed by atoms with E-state index >= 15 is 0 Å². The number of nitrogens with zero attached hydrogens (tertiary/aromatic N) is 2. The molecule has 2 rings (SSSR count). The number of anilines is 1. The maximum absolute atomic E-state index is 11.9. The molecular formula is C12H16N4O2S. The Hall–Kier alpha value is -1.86. The van der Waals surface area contributed by atoms with Crippen molar-refractivity contribution in [3.63, 3.8) is 0 Å². The van der Waals surface area contributed by atoms with Crippen molar-refractivity contribution in [1.29, 1.82) is 0 Å². The predicted molar refractivity (Wildman–Crippen MR) is 73.5 cm³/mol. The van der Waals surface area contributed by atoms with Gasteiger partial charge in [0.2, 0.25) is 10.0 Å². The van der Waals surface area contributed by atoms with E-state index in [4.69, 9.17) is 5.73 Å². The van der Waals surface area contributed by atoms with Gasteiger partial charge in [0, 0.05) is 6.54 Å². The maximum Gasteiger partial charge on any atom is 0.240 e. The van der Waals surface area contributed by atoms with E-state index in [2.05, 4.69) is 9.82 Å². The van der Waals surface area contributed by atoms with Crippen molar-refractivity contribution in [2.24, 2.45) is 0 Å². The van der Waals surface area contributed by atoms with Gasteiger partial charge in [-0.2, -0.15) is 5.10 Å². The number of sulfonamides is 1. The SMILES string of the molecule is CCCNS(=O)(=O)c1ccc(-n2cc(N)cn2)cc1. The zero-order valence-electron chi connectivity index (χ0n) is 10.6. The van der Waals surface area contributed by atoms with Crippen LogP contribution in [0, 0.1) is 0 Å². The second kappa shape index (κ2) is 5.41. The van der Waals surface area contributed by atoms with Crippen molar-refractivity contribution < 1.29 is 8.42 Å². The van der Waals surface area contributed by atoms with E-state index in [-0.39, 0.29) is 4.90 Å². The van der Waals surface area contributed by atoms with Gasteiger partial charge in [0.1, 0.15) is 0 Å². The average molecular weight is 280 g/mol. The van der Waals surface area contributed by atoms with Crippen LogP contribution in [0.4, 0.5) is 5.69 Å². The van der Waals surface area contributed by atoms with Crippen LogP contribution in [-0.4, -0.2) is 24.7 Å². The van der Waals surface area contributed by atoms with Crippen molar-refractivity contribution >= 4 is 15.7 Å². The Balaban J connectivity index is 2.23. The van der Waals surface area contributed by atoms with Gasteiger partial charge in [0.15, 0.2) is 0 Å². The first-order valence-electron chi connectivity index (χ1n) is 5.93. The van der Waals surface area contributed by atoms with Gasteiger partial charge in [0.25, 0.3) is 0 Å². The van der Waals surface area contributed by atoms with E-state index in [0.717, 1.165) is 12.1 Å². The number of nitrogen functional groups attached to an aromatic ring is 1. The average Bonchev–Trinajstić information content (AvgIpc) is 2.83. The summed E-state index contributed by atoms with van der Waals surface area (Å²) in [5.74, 6) is 0. The molecule has 0 bridgehead atoms. The molecular weight excluding hydrogens is 264 g/mol. The van der Waals surface area contributed by atoms with E-state index in [9.17, 15) is 8.42 Å². The number of hydrogen-bond acceptors (Lipinski definition) is 4. The highest BCUT2D eigenvalue weighted by atomic mass is 32.2. The highest BCUT2D eigenvalue weighted by molar-refractivity contribution is 7.89. The molecule has 1 aromatic carbocycles. The zero-order valence-corrected chi connectivity index (χ0v) is 11.4. The quantitative estimate of drug-likeness (QED) is 0.859. The molecule has 0 unspecified atom stereocenters. The molecule has 0 aliphatic heterocycles. The Labute approximate surface area is 112 Å². The third-order valence-corrected chi connectivity index (χ3v) is 4.03. The lowest BCUT2D eigenvalue weighted by Gasteiger charge is -2.06. The molecule has 0 atom stereocenters. The van der Waals surface area contributed by atoms with Crippen LogP contribution in [-0.2, 0) is 10.0 Å². The van der Waals surface area contributed by atoms with Crippen LogP contribution >= 0.6 is 0 Å². The Morgan fingerprint density at radius 3 is 2.53 bits per heavy atom. The van der Waals surface area contributed by atoms with Gasteiger partial charge in [-0.05, 0) is 30.7 Å². The topological polar surface area (TPSA) is 90.0 Å². The number of nitrogens with two attached hydrogens (primary N) is 1. The minimum Gasteiger partial charge on any atom is -0.396 e. The van der Waals surface area contributed by atoms with E-state index in [1.807, 2.05) is 6.92 Å². The first-order chi connectivity index (χ1) is 9.03. The Morgan fingerprint density at radius 1 is 1.32 bits per heavy atom. The fourth-order valence-corrected chi connectivity index (χ4v) is 2.71. The molecule has 2 aromatic rings. The molecule has 0 amide bonds. The van der Waals surface area contributed by atoms with Gasteiger partial charge in [-0.3, -0.25) is 0 Å². The van der Waals surface area contributed by atoms with Crippen LogP contribution in [0.1, 0.15) is 13.3 Å². The summed E-state index contributed by atoms with van der Waals surface area (Å²) in [6, 6.07) is 6.47. The minimum absolute atomic E-state index is 0.241. The van der Waals surface area contributed by atoms with Crippen molar-refractivity contribution in [1.82, 2.24) is 14.5 Å². The number of aromatic nitrogens is 2. The van der Waals surface area contributed by atoms with Crippen LogP contribution in [0.3, 0.4) is 0 Å². The van der Waals surface area contributed by atoms with E-state index in [0.29, 0.717) is 12.2 Å². The smallest absolute Gasteiger partial charge is 0.240 e. The predicted octanol–water partition coefficient (Wildman–Crippen LogP) is 1.14. The molecule has 7 heteroatoms. The molecule has 0 saturated carbocycles. The van der Waals surface area contributed by atoms with Gasteiger partial charge in [-0.15, -0.1) is 0 Å². The van der Waals surface area contributed by atoms with Crippen LogP contribution in [0.2, 0.25) is 0 Å². The van der Waals surface area contributed by atoms with Crippen molar-refractivity contribution in [2.45, 2.75) is 18.2 Å². The molecule has 1 aromatic heterocycles. The van der Waals surface area contributed by atoms with Crippen LogP contribution in [0.25, 0.3) is 5.69 Å². The summed E-state index contributed by atoms with van der Waals surface area (Å²) in [4.78, 5) is 0.241. The largest absolute Gasteiger partial charge is 0.396 e. The third kappa shape index (κ3) is 3.12. The second-order valence-corrected chi connectivity index (χ2v) is 5.88. The summed E-state index contributed by atoms with van der Waals surface area (Å²) in [7, 11) is -3.42. The van der Waals surface area contributed by atoms with Gasteiger partial charge in [-0.25, -0.2) is 17.8 Å². The van der Waals surface area contributed by atoms with Crippen molar-refractivity contribution in [3.8, 4) is 5.69 Å². The fraction of sp³-hybridized carbons (Fsp3) is 0.250. The Bertz CT molecular complexity index is 647. The number of hydrogen-bond donors (Lipinski definition) is 2. The monoisotopic (exact) mass is 280 g/mol. The summed E-state index contributed by atoms with van der Waals surface area (Å²) in [6.45, 7) is 2.34. The lowest BCUT2D eigenvalue weighted by atomic mass is 10.3. The first-order valence-corrected chi connectivity index (χ1v) is 7.41. The summed E-state index contributed by atoms with van der Waals surface area (Å²) in [5.41, 5.74) is 6.89. The van der Waals surface area contributed by atoms with Crippen LogP contribution in [0.5, 0.6) is 0 Å². The van der Waals surface area contributed by atoms with Gasteiger partial charge in [0.05, 0.1) is 28.7 Å². The summed E-state index contributed by atoms with van der Waals surface area (Å²) >= 11 is 0. The molecule has 6 nitrogen and oxygen atoms in total. The molecule has 0 radical (unpaired) electrons. The molecule has 1 heterocycles. The number of rotatable bonds is 5. The highest BCUT2D eigenvalue weighted by Gasteiger charge is 2.12. The zero-order chi connectivity index (χ0) is 13.9. The van der Waals surface area contributed by atoms with E-state index < -0.39 is 10.0 Å². The summed E-state index contributed by atoms with van der Waals surface area (Å²) in [6.07, 6.45) is 3.95. The number of benzene rings is 1. The Morgan fingerprint density at radius 2 is 2.00 bits per heavy atom. The lowest BCUT2D eigenvalue weighted by molar-refractivity contribution is 0.581. The molecule has 0 aliphatic rings. The molecule has 3 N–H and O–H groups in total. The molecule has 19 heavy (non-hydrogen) atoms. The minimum atomic E-state index is -3.42. The molecule has 0 saturated heterocycles. The summed E-state index contributed by atoms with van der Waals surface area (Å²) in [5, 5.41) is 4.05.